The molecule has 0 saturated heterocycles. The third kappa shape index (κ3) is 6.40. The number of nitrogens with one attached hydrogen (secondary N) is 2. The fourth-order valence-corrected chi connectivity index (χ4v) is 3.74. The molecule has 6 nitrogen and oxygen atoms in total. The molecule has 0 radical (unpaired) electrons. The molecule has 0 aromatic heterocycles. The van der Waals surface area contributed by atoms with E-state index in [1.807, 2.05) is 0 Å². The zero-order valence-corrected chi connectivity index (χ0v) is 13.5. The predicted molar refractivity (Wildman–Crippen MR) is 80.6 cm³/mol. The lowest BCUT2D eigenvalue weighted by atomic mass is 10.2. The van der Waals surface area contributed by atoms with E-state index in [1.54, 1.807) is 13.8 Å². The molecule has 0 atom stereocenters. The van der Waals surface area contributed by atoms with Gasteiger partial charge in [-0.15, -0.1) is 0 Å². The Hall–Kier alpha value is -1.19. The van der Waals surface area contributed by atoms with Gasteiger partial charge in [-0.3, -0.25) is 4.72 Å². The van der Waals surface area contributed by atoms with Crippen LogP contribution in [-0.2, 0) is 20.0 Å². The molecule has 9 heteroatoms. The highest BCUT2D eigenvalue weighted by molar-refractivity contribution is 7.92. The summed E-state index contributed by atoms with van der Waals surface area (Å²) in [5.41, 5.74) is 0.514. The van der Waals surface area contributed by atoms with Crippen molar-refractivity contribution in [2.75, 3.05) is 22.8 Å². The van der Waals surface area contributed by atoms with E-state index >= 15 is 0 Å². The van der Waals surface area contributed by atoms with E-state index in [0.29, 0.717) is 12.0 Å². The van der Waals surface area contributed by atoms with E-state index in [0.717, 1.165) is 6.07 Å². The number of benzene rings is 1. The molecule has 1 aromatic rings. The molecule has 0 bridgehead atoms. The highest BCUT2D eigenvalue weighted by Gasteiger charge is 2.14. The zero-order valence-electron chi connectivity index (χ0n) is 11.9. The molecular formula is C12H19FN2O4S2. The first-order chi connectivity index (χ1) is 9.65. The van der Waals surface area contributed by atoms with Gasteiger partial charge in [-0.25, -0.2) is 25.9 Å². The lowest BCUT2D eigenvalue weighted by Crippen LogP contribution is -2.32. The number of rotatable bonds is 8. The van der Waals surface area contributed by atoms with Crippen LogP contribution in [0.4, 0.5) is 10.1 Å². The average molecular weight is 338 g/mol. The van der Waals surface area contributed by atoms with Crippen LogP contribution in [0.1, 0.15) is 18.9 Å². The molecule has 0 amide bonds. The normalized spacial score (nSPS) is 12.3. The molecule has 21 heavy (non-hydrogen) atoms. The monoisotopic (exact) mass is 338 g/mol. The smallest absolute Gasteiger partial charge is 0.234 e. The maximum absolute atomic E-state index is 13.3. The van der Waals surface area contributed by atoms with Crippen LogP contribution in [0.3, 0.4) is 0 Å². The molecule has 1 aromatic carbocycles. The molecular weight excluding hydrogens is 319 g/mol. The Balaban J connectivity index is 2.60. The Labute approximate surface area is 124 Å². The molecule has 0 unspecified atom stereocenters. The first-order valence-corrected chi connectivity index (χ1v) is 9.69. The second-order valence-electron chi connectivity index (χ2n) is 4.60. The molecule has 0 aliphatic rings. The topological polar surface area (TPSA) is 92.3 Å². The van der Waals surface area contributed by atoms with E-state index in [4.69, 9.17) is 0 Å². The van der Waals surface area contributed by atoms with Gasteiger partial charge < -0.3 is 0 Å². The zero-order chi connectivity index (χ0) is 16.1. The summed E-state index contributed by atoms with van der Waals surface area (Å²) in [7, 11) is -7.19. The van der Waals surface area contributed by atoms with Crippen LogP contribution >= 0.6 is 0 Å². The summed E-state index contributed by atoms with van der Waals surface area (Å²) in [6.45, 7) is 3.05. The summed E-state index contributed by atoms with van der Waals surface area (Å²) in [4.78, 5) is 0. The highest BCUT2D eigenvalue weighted by atomic mass is 32.2. The fraction of sp³-hybridized carbons (Fsp3) is 0.500. The van der Waals surface area contributed by atoms with Crippen molar-refractivity contribution in [2.24, 2.45) is 0 Å². The van der Waals surface area contributed by atoms with Crippen LogP contribution in [0.25, 0.3) is 0 Å². The van der Waals surface area contributed by atoms with Crippen LogP contribution in [0.2, 0.25) is 0 Å². The standard InChI is InChI=1S/C12H19FN2O4S2/c1-3-7-20(16,17)14-6-8-21(18,19)15-11-5-4-10(2)12(13)9-11/h4-5,9,14-15H,3,6-8H2,1-2H3. The summed E-state index contributed by atoms with van der Waals surface area (Å²) in [5.74, 6) is -0.992. The fourth-order valence-electron chi connectivity index (χ4n) is 1.56. The molecule has 0 aliphatic carbocycles. The second kappa shape index (κ2) is 7.19. The number of hydrogen-bond acceptors (Lipinski definition) is 4. The van der Waals surface area contributed by atoms with Gasteiger partial charge in [-0.05, 0) is 31.0 Å². The summed E-state index contributed by atoms with van der Waals surface area (Å²) in [6, 6.07) is 3.97. The van der Waals surface area contributed by atoms with E-state index in [2.05, 4.69) is 9.44 Å². The second-order valence-corrected chi connectivity index (χ2v) is 8.37. The number of aryl methyl sites for hydroxylation is 1. The molecule has 0 aliphatic heterocycles. The van der Waals surface area contributed by atoms with Gasteiger partial charge in [0.05, 0.1) is 17.2 Å². The van der Waals surface area contributed by atoms with Crippen LogP contribution in [0, 0.1) is 12.7 Å². The van der Waals surface area contributed by atoms with Gasteiger partial charge in [0.2, 0.25) is 20.0 Å². The van der Waals surface area contributed by atoms with Gasteiger partial charge >= 0.3 is 0 Å². The molecule has 1 rings (SSSR count). The maximum Gasteiger partial charge on any atom is 0.234 e. The quantitative estimate of drug-likeness (QED) is 0.745. The molecule has 0 heterocycles. The van der Waals surface area contributed by atoms with E-state index in [9.17, 15) is 21.2 Å². The highest BCUT2D eigenvalue weighted by Crippen LogP contribution is 2.14. The molecule has 0 spiro atoms. The third-order valence-corrected chi connectivity index (χ3v) is 5.49. The number of anilines is 1. The summed E-state index contributed by atoms with van der Waals surface area (Å²) in [5, 5.41) is 0. The number of hydrogen-bond donors (Lipinski definition) is 2. The lowest BCUT2D eigenvalue weighted by Gasteiger charge is -2.09. The van der Waals surface area contributed by atoms with Crippen molar-refractivity contribution in [3.05, 3.63) is 29.6 Å². The Morgan fingerprint density at radius 2 is 1.76 bits per heavy atom. The van der Waals surface area contributed by atoms with Crippen LogP contribution in [0.5, 0.6) is 0 Å². The van der Waals surface area contributed by atoms with Gasteiger partial charge in [0.25, 0.3) is 0 Å². The first kappa shape index (κ1) is 17.9. The molecule has 120 valence electrons. The minimum Gasteiger partial charge on any atom is -0.283 e. The third-order valence-electron chi connectivity index (χ3n) is 2.61. The van der Waals surface area contributed by atoms with E-state index in [1.165, 1.54) is 12.1 Å². The minimum absolute atomic E-state index is 0.0519. The van der Waals surface area contributed by atoms with Crippen molar-refractivity contribution >= 4 is 25.7 Å². The van der Waals surface area contributed by atoms with Crippen molar-refractivity contribution in [3.8, 4) is 0 Å². The van der Waals surface area contributed by atoms with Gasteiger partial charge in [0, 0.05) is 6.54 Å². The van der Waals surface area contributed by atoms with Gasteiger partial charge in [0.15, 0.2) is 0 Å². The SMILES string of the molecule is CCCS(=O)(=O)NCCS(=O)(=O)Nc1ccc(C)c(F)c1. The Kier molecular flexibility index (Phi) is 6.11. The van der Waals surface area contributed by atoms with Crippen LogP contribution in [-0.4, -0.2) is 34.9 Å². The predicted octanol–water partition coefficient (Wildman–Crippen LogP) is 1.21. The summed E-state index contributed by atoms with van der Waals surface area (Å²) in [6.07, 6.45) is 0.447. The van der Waals surface area contributed by atoms with Crippen LogP contribution < -0.4 is 9.44 Å². The van der Waals surface area contributed by atoms with Crippen molar-refractivity contribution < 1.29 is 21.2 Å². The minimum atomic E-state index is -3.75. The lowest BCUT2D eigenvalue weighted by molar-refractivity contribution is 0.580. The van der Waals surface area contributed by atoms with Crippen molar-refractivity contribution in [1.29, 1.82) is 0 Å². The largest absolute Gasteiger partial charge is 0.283 e. The van der Waals surface area contributed by atoms with Gasteiger partial charge in [-0.1, -0.05) is 13.0 Å². The molecule has 0 saturated carbocycles. The Morgan fingerprint density at radius 3 is 2.33 bits per heavy atom. The molecule has 2 N–H and O–H groups in total. The van der Waals surface area contributed by atoms with Gasteiger partial charge in [0.1, 0.15) is 5.82 Å². The first-order valence-electron chi connectivity index (χ1n) is 6.39. The Morgan fingerprint density at radius 1 is 1.10 bits per heavy atom. The summed E-state index contributed by atoms with van der Waals surface area (Å²) < 4.78 is 64.0. The maximum atomic E-state index is 13.3. The average Bonchev–Trinajstić information content (AvgIpc) is 2.32. The van der Waals surface area contributed by atoms with Crippen molar-refractivity contribution in [1.82, 2.24) is 4.72 Å². The summed E-state index contributed by atoms with van der Waals surface area (Å²) >= 11 is 0. The number of halogens is 1. The van der Waals surface area contributed by atoms with Crippen molar-refractivity contribution in [3.63, 3.8) is 0 Å². The molecule has 0 fully saturated rings. The van der Waals surface area contributed by atoms with E-state index < -0.39 is 31.6 Å². The van der Waals surface area contributed by atoms with Crippen molar-refractivity contribution in [2.45, 2.75) is 20.3 Å². The number of sulfonamides is 2. The van der Waals surface area contributed by atoms with Gasteiger partial charge in [-0.2, -0.15) is 0 Å². The Bertz CT molecular complexity index is 687. The van der Waals surface area contributed by atoms with Crippen LogP contribution in [0.15, 0.2) is 18.2 Å². The van der Waals surface area contributed by atoms with E-state index in [-0.39, 0.29) is 18.0 Å².